The van der Waals surface area contributed by atoms with Crippen LogP contribution in [0.15, 0.2) is 0 Å². The van der Waals surface area contributed by atoms with Crippen LogP contribution in [-0.4, -0.2) is 54.4 Å². The van der Waals surface area contributed by atoms with Crippen LogP contribution in [-0.2, 0) is 4.79 Å². The molecule has 4 nitrogen and oxygen atoms in total. The number of nitrogens with two attached hydrogens (primary N) is 1. The molecular formula is C14H25N3OS. The van der Waals surface area contributed by atoms with Crippen molar-refractivity contribution in [1.82, 2.24) is 9.80 Å². The molecule has 108 valence electrons. The number of likely N-dealkylation sites (tertiary alicyclic amines) is 1. The largest absolute Gasteiger partial charge is 0.392 e. The Labute approximate surface area is 121 Å². The first-order chi connectivity index (χ1) is 8.95. The fourth-order valence-electron chi connectivity index (χ4n) is 3.56. The molecule has 0 aromatic rings. The lowest BCUT2D eigenvalue weighted by Crippen LogP contribution is -2.49. The van der Waals surface area contributed by atoms with E-state index in [0.717, 1.165) is 45.3 Å². The molecule has 2 rings (SSSR count). The smallest absolute Gasteiger partial charge is 0.235 e. The van der Waals surface area contributed by atoms with E-state index in [1.807, 2.05) is 11.9 Å². The molecule has 2 aliphatic rings. The van der Waals surface area contributed by atoms with E-state index in [9.17, 15) is 4.79 Å². The quantitative estimate of drug-likeness (QED) is 0.789. The summed E-state index contributed by atoms with van der Waals surface area (Å²) < 4.78 is 0. The topological polar surface area (TPSA) is 49.6 Å². The van der Waals surface area contributed by atoms with Gasteiger partial charge in [0.2, 0.25) is 5.91 Å². The second kappa shape index (κ2) is 5.75. The van der Waals surface area contributed by atoms with Crippen LogP contribution in [0.3, 0.4) is 0 Å². The average Bonchev–Trinajstić information content (AvgIpc) is 2.98. The highest BCUT2D eigenvalue weighted by atomic mass is 32.1. The summed E-state index contributed by atoms with van der Waals surface area (Å²) in [5.41, 5.74) is 5.33. The molecule has 1 amide bonds. The van der Waals surface area contributed by atoms with E-state index < -0.39 is 5.41 Å². The monoisotopic (exact) mass is 283 g/mol. The van der Waals surface area contributed by atoms with Crippen molar-refractivity contribution in [2.75, 3.05) is 33.7 Å². The molecule has 0 spiro atoms. The molecule has 1 saturated carbocycles. The summed E-state index contributed by atoms with van der Waals surface area (Å²) >= 11 is 5.19. The average molecular weight is 283 g/mol. The van der Waals surface area contributed by atoms with Gasteiger partial charge in [-0.3, -0.25) is 4.79 Å². The summed E-state index contributed by atoms with van der Waals surface area (Å²) in [4.78, 5) is 17.3. The number of carbonyl (C=O) groups excluding carboxylic acids is 1. The third-order valence-corrected chi connectivity index (χ3v) is 5.10. The zero-order valence-corrected chi connectivity index (χ0v) is 12.8. The van der Waals surface area contributed by atoms with Crippen LogP contribution in [0.2, 0.25) is 0 Å². The highest BCUT2D eigenvalue weighted by molar-refractivity contribution is 7.80. The van der Waals surface area contributed by atoms with Gasteiger partial charge in [-0.2, -0.15) is 0 Å². The SMILES string of the molecule is CN1CCC(CN(C)C(=O)C2(C(N)=S)CCCC2)C1. The lowest BCUT2D eigenvalue weighted by atomic mass is 9.84. The number of hydrogen-bond acceptors (Lipinski definition) is 3. The molecule has 0 bridgehead atoms. The van der Waals surface area contributed by atoms with Crippen LogP contribution in [0.25, 0.3) is 0 Å². The van der Waals surface area contributed by atoms with E-state index in [1.54, 1.807) is 0 Å². The predicted molar refractivity (Wildman–Crippen MR) is 80.9 cm³/mol. The summed E-state index contributed by atoms with van der Waals surface area (Å²) in [6, 6.07) is 0. The van der Waals surface area contributed by atoms with E-state index in [0.29, 0.717) is 10.9 Å². The number of thiocarbonyl (C=S) groups is 1. The molecule has 0 radical (unpaired) electrons. The minimum atomic E-state index is -0.547. The lowest BCUT2D eigenvalue weighted by Gasteiger charge is -2.32. The van der Waals surface area contributed by atoms with Gasteiger partial charge in [0.1, 0.15) is 0 Å². The molecule has 1 atom stereocenters. The zero-order chi connectivity index (χ0) is 14.0. The summed E-state index contributed by atoms with van der Waals surface area (Å²) in [5, 5.41) is 0. The van der Waals surface area contributed by atoms with Gasteiger partial charge in [-0.05, 0) is 38.8 Å². The minimum Gasteiger partial charge on any atom is -0.392 e. The maximum absolute atomic E-state index is 12.7. The summed E-state index contributed by atoms with van der Waals surface area (Å²) in [5.74, 6) is 0.732. The lowest BCUT2D eigenvalue weighted by molar-refractivity contribution is -0.137. The normalized spacial score (nSPS) is 26.5. The molecule has 2 N–H and O–H groups in total. The van der Waals surface area contributed by atoms with Crippen LogP contribution < -0.4 is 5.73 Å². The van der Waals surface area contributed by atoms with Gasteiger partial charge in [0.15, 0.2) is 0 Å². The van der Waals surface area contributed by atoms with Crippen molar-refractivity contribution in [2.24, 2.45) is 17.1 Å². The molecular weight excluding hydrogens is 258 g/mol. The Hall–Kier alpha value is -0.680. The van der Waals surface area contributed by atoms with Crippen LogP contribution in [0, 0.1) is 11.3 Å². The van der Waals surface area contributed by atoms with Crippen molar-refractivity contribution in [3.63, 3.8) is 0 Å². The fourth-order valence-corrected chi connectivity index (χ4v) is 3.85. The van der Waals surface area contributed by atoms with E-state index in [2.05, 4.69) is 11.9 Å². The molecule has 0 aromatic carbocycles. The minimum absolute atomic E-state index is 0.145. The van der Waals surface area contributed by atoms with E-state index in [4.69, 9.17) is 18.0 Å². The molecule has 1 unspecified atom stereocenters. The van der Waals surface area contributed by atoms with Crippen molar-refractivity contribution in [1.29, 1.82) is 0 Å². The predicted octanol–water partition coefficient (Wildman–Crippen LogP) is 1.24. The first-order valence-electron chi connectivity index (χ1n) is 7.20. The zero-order valence-electron chi connectivity index (χ0n) is 12.0. The second-order valence-corrected chi connectivity index (χ2v) is 6.70. The van der Waals surface area contributed by atoms with Gasteiger partial charge in [-0.1, -0.05) is 25.1 Å². The number of nitrogens with zero attached hydrogens (tertiary/aromatic N) is 2. The molecule has 0 aromatic heterocycles. The summed E-state index contributed by atoms with van der Waals surface area (Å²) in [7, 11) is 4.04. The van der Waals surface area contributed by atoms with Gasteiger partial charge in [-0.15, -0.1) is 0 Å². The maximum atomic E-state index is 12.7. The van der Waals surface area contributed by atoms with E-state index >= 15 is 0 Å². The first-order valence-corrected chi connectivity index (χ1v) is 7.60. The Morgan fingerprint density at radius 2 is 2.11 bits per heavy atom. The van der Waals surface area contributed by atoms with Gasteiger partial charge in [0.25, 0.3) is 0 Å². The van der Waals surface area contributed by atoms with Crippen molar-refractivity contribution in [3.8, 4) is 0 Å². The van der Waals surface area contributed by atoms with Crippen molar-refractivity contribution in [3.05, 3.63) is 0 Å². The highest BCUT2D eigenvalue weighted by Crippen LogP contribution is 2.40. The van der Waals surface area contributed by atoms with Gasteiger partial charge >= 0.3 is 0 Å². The number of hydrogen-bond donors (Lipinski definition) is 1. The van der Waals surface area contributed by atoms with Gasteiger partial charge in [0.05, 0.1) is 10.4 Å². The first kappa shape index (κ1) is 14.7. The van der Waals surface area contributed by atoms with Crippen molar-refractivity contribution in [2.45, 2.75) is 32.1 Å². The molecule has 1 saturated heterocycles. The molecule has 1 heterocycles. The third-order valence-electron chi connectivity index (χ3n) is 4.71. The van der Waals surface area contributed by atoms with Crippen LogP contribution >= 0.6 is 12.2 Å². The molecule has 1 aliphatic heterocycles. The fraction of sp³-hybridized carbons (Fsp3) is 0.857. The van der Waals surface area contributed by atoms with Crippen molar-refractivity contribution < 1.29 is 4.79 Å². The Balaban J connectivity index is 1.99. The number of rotatable bonds is 4. The van der Waals surface area contributed by atoms with Gasteiger partial charge in [-0.25, -0.2) is 0 Å². The van der Waals surface area contributed by atoms with Crippen molar-refractivity contribution >= 4 is 23.1 Å². The second-order valence-electron chi connectivity index (χ2n) is 6.26. The Morgan fingerprint density at radius 3 is 2.58 bits per heavy atom. The van der Waals surface area contributed by atoms with Crippen LogP contribution in [0.1, 0.15) is 32.1 Å². The maximum Gasteiger partial charge on any atom is 0.235 e. The highest BCUT2D eigenvalue weighted by Gasteiger charge is 2.45. The number of carbonyl (C=O) groups is 1. The Bertz CT molecular complexity index is 366. The van der Waals surface area contributed by atoms with Gasteiger partial charge < -0.3 is 15.5 Å². The standard InChI is InChI=1S/C14H25N3OS/c1-16-8-5-11(9-16)10-17(2)13(18)14(12(15)19)6-3-4-7-14/h11H,3-10H2,1-2H3,(H2,15,19). The van der Waals surface area contributed by atoms with E-state index in [1.165, 1.54) is 6.42 Å². The number of amides is 1. The molecule has 5 heteroatoms. The van der Waals surface area contributed by atoms with Crippen LogP contribution in [0.4, 0.5) is 0 Å². The Kier molecular flexibility index (Phi) is 4.46. The molecule has 1 aliphatic carbocycles. The summed E-state index contributed by atoms with van der Waals surface area (Å²) in [6.45, 7) is 3.04. The third kappa shape index (κ3) is 2.92. The Morgan fingerprint density at radius 1 is 1.47 bits per heavy atom. The van der Waals surface area contributed by atoms with E-state index in [-0.39, 0.29) is 5.91 Å². The van der Waals surface area contributed by atoms with Gasteiger partial charge in [0, 0.05) is 20.1 Å². The summed E-state index contributed by atoms with van der Waals surface area (Å²) in [6.07, 6.45) is 4.95. The molecule has 19 heavy (non-hydrogen) atoms. The van der Waals surface area contributed by atoms with Crippen LogP contribution in [0.5, 0.6) is 0 Å². The molecule has 2 fully saturated rings.